The Morgan fingerprint density at radius 2 is 1.69 bits per heavy atom. The fourth-order valence-corrected chi connectivity index (χ4v) is 5.20. The van der Waals surface area contributed by atoms with Crippen LogP contribution in [0.4, 0.5) is 13.2 Å². The van der Waals surface area contributed by atoms with E-state index in [-0.39, 0.29) is 11.8 Å². The van der Waals surface area contributed by atoms with Crippen LogP contribution in [0.25, 0.3) is 0 Å². The molecule has 2 fully saturated rings. The number of halogens is 3. The first kappa shape index (κ1) is 20.7. The van der Waals surface area contributed by atoms with Gasteiger partial charge in [-0.05, 0) is 32.0 Å². The molecule has 3 rings (SSSR count). The van der Waals surface area contributed by atoms with Crippen molar-refractivity contribution in [2.45, 2.75) is 36.9 Å². The molecule has 0 unspecified atom stereocenters. The van der Waals surface area contributed by atoms with Gasteiger partial charge in [-0.15, -0.1) is 0 Å². The van der Waals surface area contributed by atoms with Crippen LogP contribution in [0.1, 0.15) is 18.4 Å². The highest BCUT2D eigenvalue weighted by molar-refractivity contribution is 7.88. The molecule has 146 valence electrons. The first-order valence-electron chi connectivity index (χ1n) is 8.06. The lowest BCUT2D eigenvalue weighted by Crippen LogP contribution is -2.39. The molecule has 0 spiro atoms. The number of fused-ring (bicyclic) bond motifs is 1. The summed E-state index contributed by atoms with van der Waals surface area (Å²) < 4.78 is 58.6. The van der Waals surface area contributed by atoms with E-state index in [0.29, 0.717) is 12.6 Å². The lowest BCUT2D eigenvalue weighted by atomic mass is 10.1. The molecule has 0 bridgehead atoms. The Hall–Kier alpha value is -1.65. The normalized spacial score (nSPS) is 24.0. The van der Waals surface area contributed by atoms with Gasteiger partial charge in [0.15, 0.2) is 0 Å². The minimum atomic E-state index is -5.08. The highest BCUT2D eigenvalue weighted by atomic mass is 32.2. The zero-order chi connectivity index (χ0) is 19.5. The van der Waals surface area contributed by atoms with Gasteiger partial charge in [-0.1, -0.05) is 30.3 Å². The van der Waals surface area contributed by atoms with Gasteiger partial charge in [0, 0.05) is 18.6 Å². The van der Waals surface area contributed by atoms with E-state index in [0.717, 1.165) is 24.9 Å². The average Bonchev–Trinajstić information content (AvgIpc) is 3.11. The molecule has 1 aromatic rings. The van der Waals surface area contributed by atoms with Crippen molar-refractivity contribution in [3.8, 4) is 0 Å². The van der Waals surface area contributed by atoms with Crippen LogP contribution >= 0.6 is 0 Å². The first-order valence-corrected chi connectivity index (χ1v) is 9.67. The smallest absolute Gasteiger partial charge is 0.475 e. The molecule has 6 nitrogen and oxygen atoms in total. The molecule has 1 aromatic carbocycles. The van der Waals surface area contributed by atoms with E-state index >= 15 is 0 Å². The van der Waals surface area contributed by atoms with Gasteiger partial charge in [0.1, 0.15) is 0 Å². The number of alkyl halides is 3. The molecule has 0 aromatic heterocycles. The van der Waals surface area contributed by atoms with Crippen LogP contribution in [0.3, 0.4) is 0 Å². The van der Waals surface area contributed by atoms with Gasteiger partial charge in [0.05, 0.1) is 5.75 Å². The molecule has 2 aliphatic rings. The lowest BCUT2D eigenvalue weighted by Gasteiger charge is -2.23. The third-order valence-corrected chi connectivity index (χ3v) is 6.46. The highest BCUT2D eigenvalue weighted by Crippen LogP contribution is 2.33. The Balaban J connectivity index is 0.000000298. The van der Waals surface area contributed by atoms with Gasteiger partial charge in [-0.2, -0.15) is 17.5 Å². The van der Waals surface area contributed by atoms with Crippen LogP contribution < -0.4 is 0 Å². The zero-order valence-corrected chi connectivity index (χ0v) is 15.0. The summed E-state index contributed by atoms with van der Waals surface area (Å²) in [6.07, 6.45) is -3.15. The lowest BCUT2D eigenvalue weighted by molar-refractivity contribution is -0.192. The molecule has 2 atom stereocenters. The summed E-state index contributed by atoms with van der Waals surface area (Å²) in [4.78, 5) is 11.2. The maximum atomic E-state index is 12.6. The predicted molar refractivity (Wildman–Crippen MR) is 88.9 cm³/mol. The molecule has 2 saturated heterocycles. The SMILES string of the molecule is CN1CC[C@@H]2[C@@H]1CCN2S(=O)(=O)Cc1ccccc1.O=C(O)C(F)(F)F. The number of carboxylic acids is 1. The van der Waals surface area contributed by atoms with Crippen molar-refractivity contribution in [3.63, 3.8) is 0 Å². The molecule has 0 saturated carbocycles. The average molecular weight is 394 g/mol. The highest BCUT2D eigenvalue weighted by Gasteiger charge is 2.45. The number of likely N-dealkylation sites (N-methyl/N-ethyl adjacent to an activating group) is 1. The van der Waals surface area contributed by atoms with Crippen LogP contribution in [0.5, 0.6) is 0 Å². The maximum absolute atomic E-state index is 12.6. The van der Waals surface area contributed by atoms with Crippen molar-refractivity contribution in [3.05, 3.63) is 35.9 Å². The number of carbonyl (C=O) groups is 1. The minimum absolute atomic E-state index is 0.126. The molecule has 10 heteroatoms. The summed E-state index contributed by atoms with van der Waals surface area (Å²) >= 11 is 0. The van der Waals surface area contributed by atoms with E-state index in [4.69, 9.17) is 9.90 Å². The van der Waals surface area contributed by atoms with Crippen molar-refractivity contribution in [2.75, 3.05) is 20.1 Å². The molecule has 0 radical (unpaired) electrons. The Labute approximate surface area is 150 Å². The molecule has 2 aliphatic heterocycles. The number of nitrogens with zero attached hydrogens (tertiary/aromatic N) is 2. The van der Waals surface area contributed by atoms with Gasteiger partial charge >= 0.3 is 12.1 Å². The zero-order valence-electron chi connectivity index (χ0n) is 14.2. The van der Waals surface area contributed by atoms with Crippen molar-refractivity contribution in [2.24, 2.45) is 0 Å². The molecular weight excluding hydrogens is 373 g/mol. The van der Waals surface area contributed by atoms with Crippen molar-refractivity contribution < 1.29 is 31.5 Å². The Kier molecular flexibility index (Phi) is 6.30. The van der Waals surface area contributed by atoms with Gasteiger partial charge in [0.2, 0.25) is 10.0 Å². The van der Waals surface area contributed by atoms with Crippen LogP contribution in [0, 0.1) is 0 Å². The third kappa shape index (κ3) is 4.95. The quantitative estimate of drug-likeness (QED) is 0.848. The number of benzene rings is 1. The van der Waals surface area contributed by atoms with Crippen LogP contribution in [-0.2, 0) is 20.6 Å². The summed E-state index contributed by atoms with van der Waals surface area (Å²) in [5.74, 6) is -2.63. The first-order chi connectivity index (χ1) is 12.0. The third-order valence-electron chi connectivity index (χ3n) is 4.59. The van der Waals surface area contributed by atoms with Crippen molar-refractivity contribution in [1.29, 1.82) is 0 Å². The number of rotatable bonds is 3. The molecule has 0 amide bonds. The van der Waals surface area contributed by atoms with E-state index in [1.165, 1.54) is 0 Å². The maximum Gasteiger partial charge on any atom is 0.490 e. The number of carboxylic acid groups (broad SMARTS) is 1. The number of hydrogen-bond donors (Lipinski definition) is 1. The second-order valence-electron chi connectivity index (χ2n) is 6.35. The largest absolute Gasteiger partial charge is 0.490 e. The Morgan fingerprint density at radius 3 is 2.23 bits per heavy atom. The standard InChI is InChI=1S/C14H20N2O2S.C2HF3O2/c1-15-9-7-14-13(15)8-10-16(14)19(17,18)11-12-5-3-2-4-6-12;3-2(4,5)1(6)7/h2-6,13-14H,7-11H2,1H3;(H,6,7)/t13-,14+;/m0./s1. The number of hydrogen-bond acceptors (Lipinski definition) is 4. The van der Waals surface area contributed by atoms with E-state index in [9.17, 15) is 21.6 Å². The van der Waals surface area contributed by atoms with Gasteiger partial charge in [-0.3, -0.25) is 0 Å². The van der Waals surface area contributed by atoms with Crippen molar-refractivity contribution in [1.82, 2.24) is 9.21 Å². The van der Waals surface area contributed by atoms with Gasteiger partial charge in [-0.25, -0.2) is 13.2 Å². The van der Waals surface area contributed by atoms with Crippen molar-refractivity contribution >= 4 is 16.0 Å². The fourth-order valence-electron chi connectivity index (χ4n) is 3.38. The minimum Gasteiger partial charge on any atom is -0.475 e. The van der Waals surface area contributed by atoms with Crippen LogP contribution in [0.2, 0.25) is 0 Å². The summed E-state index contributed by atoms with van der Waals surface area (Å²) in [6.45, 7) is 1.68. The second kappa shape index (κ2) is 7.93. The Morgan fingerprint density at radius 1 is 1.15 bits per heavy atom. The molecule has 26 heavy (non-hydrogen) atoms. The number of aliphatic carboxylic acids is 1. The fraction of sp³-hybridized carbons (Fsp3) is 0.562. The number of sulfonamides is 1. The van der Waals surface area contributed by atoms with Gasteiger partial charge < -0.3 is 10.0 Å². The summed E-state index contributed by atoms with van der Waals surface area (Å²) in [6, 6.07) is 10.1. The summed E-state index contributed by atoms with van der Waals surface area (Å²) in [5.41, 5.74) is 0.873. The monoisotopic (exact) mass is 394 g/mol. The predicted octanol–water partition coefficient (Wildman–Crippen LogP) is 1.93. The molecule has 0 aliphatic carbocycles. The van der Waals surface area contributed by atoms with Gasteiger partial charge in [0.25, 0.3) is 0 Å². The van der Waals surface area contributed by atoms with E-state index in [2.05, 4.69) is 11.9 Å². The van der Waals surface area contributed by atoms with Crippen LogP contribution in [-0.4, -0.2) is 67.1 Å². The Bertz CT molecular complexity index is 725. The van der Waals surface area contributed by atoms with E-state index < -0.39 is 22.2 Å². The summed E-state index contributed by atoms with van der Waals surface area (Å²) in [5, 5.41) is 7.12. The topological polar surface area (TPSA) is 77.9 Å². The van der Waals surface area contributed by atoms with E-state index in [1.54, 1.807) is 4.31 Å². The molecule has 2 heterocycles. The van der Waals surface area contributed by atoms with Crippen LogP contribution in [0.15, 0.2) is 30.3 Å². The molecule has 1 N–H and O–H groups in total. The number of likely N-dealkylation sites (tertiary alicyclic amines) is 1. The molecular formula is C16H21F3N2O4S. The summed E-state index contributed by atoms with van der Waals surface area (Å²) in [7, 11) is -1.09. The van der Waals surface area contributed by atoms with E-state index in [1.807, 2.05) is 30.3 Å². The second-order valence-corrected chi connectivity index (χ2v) is 8.27.